The predicted molar refractivity (Wildman–Crippen MR) is 158 cm³/mol. The van der Waals surface area contributed by atoms with E-state index in [2.05, 4.69) is 60.8 Å². The minimum absolute atomic E-state index is 0.0717. The summed E-state index contributed by atoms with van der Waals surface area (Å²) in [4.78, 5) is 25.1. The summed E-state index contributed by atoms with van der Waals surface area (Å²) in [7, 11) is 0. The van der Waals surface area contributed by atoms with Gasteiger partial charge in [0.2, 0.25) is 5.91 Å². The number of H-pyrrole nitrogens is 2. The number of carbonyl (C=O) groups is 1. The van der Waals surface area contributed by atoms with E-state index in [0.29, 0.717) is 12.3 Å². The first-order valence-electron chi connectivity index (χ1n) is 14.0. The minimum Gasteiger partial charge on any atom is -0.353 e. The number of hydrogen-bond donors (Lipinski definition) is 3. The van der Waals surface area contributed by atoms with Crippen molar-refractivity contribution in [3.05, 3.63) is 79.1 Å². The Morgan fingerprint density at radius 1 is 1.00 bits per heavy atom. The van der Waals surface area contributed by atoms with E-state index < -0.39 is 0 Å². The largest absolute Gasteiger partial charge is 0.353 e. The fourth-order valence-corrected chi connectivity index (χ4v) is 5.98. The number of aromatic nitrogens is 6. The van der Waals surface area contributed by atoms with E-state index in [1.807, 2.05) is 48.4 Å². The number of rotatable bonds is 6. The molecule has 8 heteroatoms. The van der Waals surface area contributed by atoms with Crippen LogP contribution in [-0.2, 0) is 4.79 Å². The quantitative estimate of drug-likeness (QED) is 0.213. The summed E-state index contributed by atoms with van der Waals surface area (Å²) in [6, 6.07) is 16.6. The van der Waals surface area contributed by atoms with Gasteiger partial charge in [-0.25, -0.2) is 4.98 Å². The van der Waals surface area contributed by atoms with E-state index in [4.69, 9.17) is 0 Å². The Morgan fingerprint density at radius 2 is 1.90 bits per heavy atom. The maximum atomic E-state index is 12.7. The van der Waals surface area contributed by atoms with Crippen LogP contribution in [0, 0.1) is 12.8 Å². The number of amides is 1. The second kappa shape index (κ2) is 10.1. The van der Waals surface area contributed by atoms with Crippen molar-refractivity contribution in [1.82, 2.24) is 29.7 Å². The van der Waals surface area contributed by atoms with Crippen LogP contribution in [0.2, 0.25) is 0 Å². The van der Waals surface area contributed by atoms with Crippen molar-refractivity contribution in [2.75, 3.05) is 5.32 Å². The lowest BCUT2D eigenvalue weighted by Gasteiger charge is -2.20. The van der Waals surface area contributed by atoms with Gasteiger partial charge in [0.15, 0.2) is 0 Å². The molecule has 1 aliphatic rings. The first-order valence-corrected chi connectivity index (χ1v) is 14.0. The van der Waals surface area contributed by atoms with Crippen LogP contribution in [-0.4, -0.2) is 35.6 Å². The molecule has 1 amide bonds. The zero-order valence-electron chi connectivity index (χ0n) is 22.4. The Kier molecular flexibility index (Phi) is 6.15. The maximum Gasteiger partial charge on any atom is 0.224 e. The van der Waals surface area contributed by atoms with Crippen molar-refractivity contribution in [1.29, 1.82) is 0 Å². The van der Waals surface area contributed by atoms with Crippen LogP contribution in [0.4, 0.5) is 5.69 Å². The molecule has 7 rings (SSSR count). The highest BCUT2D eigenvalue weighted by atomic mass is 16.1. The second-order valence-corrected chi connectivity index (χ2v) is 10.9. The summed E-state index contributed by atoms with van der Waals surface area (Å²) in [5, 5.41) is 13.0. The van der Waals surface area contributed by atoms with Gasteiger partial charge in [-0.3, -0.25) is 14.9 Å². The molecule has 40 heavy (non-hydrogen) atoms. The van der Waals surface area contributed by atoms with Crippen LogP contribution in [0.5, 0.6) is 0 Å². The number of carbonyl (C=O) groups excluding carboxylic acids is 1. The van der Waals surface area contributed by atoms with Gasteiger partial charge >= 0.3 is 0 Å². The van der Waals surface area contributed by atoms with Crippen molar-refractivity contribution >= 4 is 33.4 Å². The number of hydrogen-bond acceptors (Lipinski definition) is 4. The lowest BCUT2D eigenvalue weighted by molar-refractivity contribution is -0.117. The third-order valence-corrected chi connectivity index (χ3v) is 8.00. The number of pyridine rings is 1. The molecule has 0 aliphatic heterocycles. The van der Waals surface area contributed by atoms with Crippen LogP contribution < -0.4 is 5.32 Å². The monoisotopic (exact) mass is 529 g/mol. The number of anilines is 1. The second-order valence-electron chi connectivity index (χ2n) is 10.9. The molecule has 200 valence electrons. The Hall–Kier alpha value is -4.72. The van der Waals surface area contributed by atoms with E-state index in [-0.39, 0.29) is 5.91 Å². The molecule has 1 fully saturated rings. The highest BCUT2D eigenvalue weighted by Crippen LogP contribution is 2.34. The number of nitrogens with one attached hydrogen (secondary N) is 3. The van der Waals surface area contributed by atoms with Gasteiger partial charge < -0.3 is 14.9 Å². The van der Waals surface area contributed by atoms with Crippen LogP contribution in [0.1, 0.15) is 44.2 Å². The average Bonchev–Trinajstić information content (AvgIpc) is 3.71. The third kappa shape index (κ3) is 4.66. The number of benzene rings is 2. The fraction of sp³-hybridized carbons (Fsp3) is 0.250. The van der Waals surface area contributed by atoms with Crippen molar-refractivity contribution in [3.8, 4) is 28.2 Å². The normalized spacial score (nSPS) is 14.2. The molecule has 4 aromatic heterocycles. The van der Waals surface area contributed by atoms with Crippen molar-refractivity contribution in [3.63, 3.8) is 0 Å². The van der Waals surface area contributed by atoms with Gasteiger partial charge in [0.05, 0.1) is 40.8 Å². The van der Waals surface area contributed by atoms with Crippen LogP contribution >= 0.6 is 0 Å². The van der Waals surface area contributed by atoms with Crippen LogP contribution in [0.15, 0.2) is 73.4 Å². The summed E-state index contributed by atoms with van der Waals surface area (Å²) in [5.74, 6) is 0.569. The summed E-state index contributed by atoms with van der Waals surface area (Å²) in [6.45, 7) is 1.99. The first kappa shape index (κ1) is 24.3. The van der Waals surface area contributed by atoms with E-state index in [9.17, 15) is 4.79 Å². The Balaban J connectivity index is 1.19. The summed E-state index contributed by atoms with van der Waals surface area (Å²) in [5.41, 5.74) is 8.49. The number of nitrogens with zero attached hydrogens (tertiary/aromatic N) is 4. The Bertz CT molecular complexity index is 1840. The van der Waals surface area contributed by atoms with Gasteiger partial charge in [0.25, 0.3) is 0 Å². The highest BCUT2D eigenvalue weighted by molar-refractivity contribution is 5.99. The van der Waals surface area contributed by atoms with Crippen molar-refractivity contribution in [2.45, 2.75) is 45.4 Å². The fourth-order valence-electron chi connectivity index (χ4n) is 5.98. The molecule has 0 bridgehead atoms. The number of imidazole rings is 1. The Morgan fingerprint density at radius 3 is 2.75 bits per heavy atom. The molecular formula is C32H31N7O. The van der Waals surface area contributed by atoms with E-state index in [1.165, 1.54) is 19.3 Å². The van der Waals surface area contributed by atoms with E-state index in [0.717, 1.165) is 74.2 Å². The number of aryl methyl sites for hydroxylation is 1. The van der Waals surface area contributed by atoms with Gasteiger partial charge in [-0.1, -0.05) is 31.4 Å². The molecule has 0 radical (unpaired) electrons. The molecule has 0 atom stereocenters. The van der Waals surface area contributed by atoms with Crippen molar-refractivity contribution < 1.29 is 4.79 Å². The first-order chi connectivity index (χ1) is 19.6. The van der Waals surface area contributed by atoms with Crippen molar-refractivity contribution in [2.24, 2.45) is 5.92 Å². The lowest BCUT2D eigenvalue weighted by atomic mass is 9.87. The Labute approximate surface area is 231 Å². The zero-order chi connectivity index (χ0) is 27.1. The van der Waals surface area contributed by atoms with Gasteiger partial charge in [0, 0.05) is 40.7 Å². The predicted octanol–water partition coefficient (Wildman–Crippen LogP) is 7.18. The van der Waals surface area contributed by atoms with Gasteiger partial charge in [0.1, 0.15) is 5.69 Å². The molecule has 1 saturated carbocycles. The van der Waals surface area contributed by atoms with E-state index >= 15 is 0 Å². The molecule has 3 N–H and O–H groups in total. The zero-order valence-corrected chi connectivity index (χ0v) is 22.4. The molecule has 2 aromatic carbocycles. The summed E-state index contributed by atoms with van der Waals surface area (Å²) < 4.78 is 2.05. The SMILES string of the molecule is Cc1cn(-c2cccc3[nH]c(-c4n[nH]c5ccc(-c6cncc(NC(=O)CC7CCCCC7)c6)cc45)cc23)cn1. The minimum atomic E-state index is 0.0717. The molecule has 8 nitrogen and oxygen atoms in total. The molecule has 0 unspecified atom stereocenters. The average molecular weight is 530 g/mol. The molecule has 0 saturated heterocycles. The highest BCUT2D eigenvalue weighted by Gasteiger charge is 2.18. The van der Waals surface area contributed by atoms with E-state index in [1.54, 1.807) is 6.20 Å². The summed E-state index contributed by atoms with van der Waals surface area (Å²) in [6.07, 6.45) is 14.1. The maximum absolute atomic E-state index is 12.7. The third-order valence-electron chi connectivity index (χ3n) is 8.00. The lowest BCUT2D eigenvalue weighted by Crippen LogP contribution is -2.18. The molecule has 4 heterocycles. The number of fused-ring (bicyclic) bond motifs is 2. The number of aromatic amines is 2. The van der Waals surface area contributed by atoms with Crippen LogP contribution in [0.25, 0.3) is 50.0 Å². The molecule has 1 aliphatic carbocycles. The molecule has 6 aromatic rings. The van der Waals surface area contributed by atoms with Crippen LogP contribution in [0.3, 0.4) is 0 Å². The smallest absolute Gasteiger partial charge is 0.224 e. The summed E-state index contributed by atoms with van der Waals surface area (Å²) >= 11 is 0. The molecule has 0 spiro atoms. The van der Waals surface area contributed by atoms with Gasteiger partial charge in [-0.2, -0.15) is 5.10 Å². The van der Waals surface area contributed by atoms with Gasteiger partial charge in [-0.05, 0) is 67.6 Å². The standard InChI is InChI=1S/C32H31N7O/c1-20-18-39(19-34-20)30-9-5-8-27-25(30)15-29(36-27)32-26-14-22(10-11-28(26)37-38-32)23-13-24(17-33-16-23)35-31(40)12-21-6-3-2-4-7-21/h5,8-11,13-19,21,36H,2-4,6-7,12H2,1H3,(H,35,40)(H,37,38). The topological polar surface area (TPSA) is 104 Å². The van der Waals surface area contributed by atoms with Gasteiger partial charge in [-0.15, -0.1) is 0 Å². The molecular weight excluding hydrogens is 498 g/mol.